The molecule has 1 rings (SSSR count). The molecule has 0 aromatic rings. The van der Waals surface area contributed by atoms with Crippen LogP contribution >= 0.6 is 0 Å². The van der Waals surface area contributed by atoms with E-state index in [-0.39, 0.29) is 17.0 Å². The number of sulfone groups is 1. The fourth-order valence-electron chi connectivity index (χ4n) is 2.02. The molecule has 5 heteroatoms. The summed E-state index contributed by atoms with van der Waals surface area (Å²) in [5.74, 6) is 0.432. The van der Waals surface area contributed by atoms with Crippen molar-refractivity contribution in [1.82, 2.24) is 5.32 Å². The van der Waals surface area contributed by atoms with Gasteiger partial charge in [-0.1, -0.05) is 0 Å². The molecule has 1 unspecified atom stereocenters. The van der Waals surface area contributed by atoms with Crippen LogP contribution in [-0.2, 0) is 9.84 Å². The summed E-state index contributed by atoms with van der Waals surface area (Å²) in [5.41, 5.74) is 5.17. The summed E-state index contributed by atoms with van der Waals surface area (Å²) < 4.78 is 22.8. The first-order chi connectivity index (χ1) is 6.18. The minimum atomic E-state index is -2.88. The second-order valence-corrected chi connectivity index (χ2v) is 7.39. The molecule has 0 aromatic carbocycles. The number of nitrogens with two attached hydrogens (primary N) is 1. The van der Waals surface area contributed by atoms with Crippen LogP contribution in [0.3, 0.4) is 0 Å². The molecule has 1 aliphatic heterocycles. The van der Waals surface area contributed by atoms with Gasteiger partial charge in [-0.05, 0) is 27.2 Å². The molecule has 84 valence electrons. The van der Waals surface area contributed by atoms with Gasteiger partial charge in [0.05, 0.1) is 11.5 Å². The summed E-state index contributed by atoms with van der Waals surface area (Å²) in [6.07, 6.45) is 0.628. The fraction of sp³-hybridized carbons (Fsp3) is 1.00. The van der Waals surface area contributed by atoms with Crippen LogP contribution in [0.4, 0.5) is 0 Å². The summed E-state index contributed by atoms with van der Waals surface area (Å²) in [6.45, 7) is 6.45. The Hall–Kier alpha value is -0.130. The quantitative estimate of drug-likeness (QED) is 0.681. The molecule has 14 heavy (non-hydrogen) atoms. The van der Waals surface area contributed by atoms with Crippen LogP contribution < -0.4 is 11.1 Å². The Morgan fingerprint density at radius 2 is 2.00 bits per heavy atom. The van der Waals surface area contributed by atoms with Gasteiger partial charge in [0.1, 0.15) is 0 Å². The van der Waals surface area contributed by atoms with E-state index in [0.717, 1.165) is 0 Å². The Morgan fingerprint density at radius 3 is 2.29 bits per heavy atom. The maximum absolute atomic E-state index is 11.4. The molecule has 3 N–H and O–H groups in total. The Morgan fingerprint density at radius 1 is 1.43 bits per heavy atom. The molecule has 1 aliphatic rings. The highest BCUT2D eigenvalue weighted by molar-refractivity contribution is 7.91. The first-order valence-corrected chi connectivity index (χ1v) is 6.70. The summed E-state index contributed by atoms with van der Waals surface area (Å²) in [5, 5.41) is 3.33. The zero-order valence-electron chi connectivity index (χ0n) is 9.13. The lowest BCUT2D eigenvalue weighted by Gasteiger charge is -2.35. The Balaban J connectivity index is 2.81. The molecular formula is C9H20N2O2S. The van der Waals surface area contributed by atoms with Crippen molar-refractivity contribution in [2.75, 3.05) is 18.1 Å². The van der Waals surface area contributed by atoms with Gasteiger partial charge in [-0.2, -0.15) is 0 Å². The van der Waals surface area contributed by atoms with E-state index >= 15 is 0 Å². The molecule has 0 aliphatic carbocycles. The van der Waals surface area contributed by atoms with Gasteiger partial charge in [0, 0.05) is 17.6 Å². The van der Waals surface area contributed by atoms with E-state index in [0.29, 0.717) is 13.0 Å². The molecule has 0 aromatic heterocycles. The highest BCUT2D eigenvalue weighted by Crippen LogP contribution is 2.24. The second kappa shape index (κ2) is 3.47. The van der Waals surface area contributed by atoms with Gasteiger partial charge in [0.15, 0.2) is 9.84 Å². The average Bonchev–Trinajstić information content (AvgIpc) is 2.24. The summed E-state index contributed by atoms with van der Waals surface area (Å²) in [4.78, 5) is 0. The predicted molar refractivity (Wildman–Crippen MR) is 57.9 cm³/mol. The van der Waals surface area contributed by atoms with Crippen LogP contribution in [0.5, 0.6) is 0 Å². The fourth-order valence-corrected chi connectivity index (χ4v) is 4.04. The van der Waals surface area contributed by atoms with Gasteiger partial charge < -0.3 is 11.1 Å². The van der Waals surface area contributed by atoms with Crippen molar-refractivity contribution in [3.63, 3.8) is 0 Å². The van der Waals surface area contributed by atoms with Crippen molar-refractivity contribution in [2.24, 2.45) is 5.73 Å². The van der Waals surface area contributed by atoms with E-state index in [9.17, 15) is 8.42 Å². The molecule has 1 heterocycles. The summed E-state index contributed by atoms with van der Waals surface area (Å²) in [6, 6.07) is 0. The van der Waals surface area contributed by atoms with Gasteiger partial charge in [-0.15, -0.1) is 0 Å². The SMILES string of the molecule is CC(C)(C)NC1(CN)CCS(=O)(=O)C1. The molecule has 0 radical (unpaired) electrons. The molecule has 0 bridgehead atoms. The lowest BCUT2D eigenvalue weighted by molar-refractivity contribution is 0.274. The van der Waals surface area contributed by atoms with Crippen LogP contribution in [0.25, 0.3) is 0 Å². The number of rotatable bonds is 2. The van der Waals surface area contributed by atoms with E-state index in [2.05, 4.69) is 5.32 Å². The second-order valence-electron chi connectivity index (χ2n) is 5.20. The third-order valence-corrected chi connectivity index (χ3v) is 4.24. The minimum absolute atomic E-state index is 0.0980. The van der Waals surface area contributed by atoms with E-state index in [4.69, 9.17) is 5.73 Å². The molecule has 0 spiro atoms. The zero-order chi connectivity index (χ0) is 11.0. The van der Waals surface area contributed by atoms with E-state index in [1.165, 1.54) is 0 Å². The van der Waals surface area contributed by atoms with Crippen LogP contribution in [0.1, 0.15) is 27.2 Å². The third-order valence-electron chi connectivity index (χ3n) is 2.42. The summed E-state index contributed by atoms with van der Waals surface area (Å²) in [7, 11) is -2.88. The molecule has 4 nitrogen and oxygen atoms in total. The Labute approximate surface area is 86.2 Å². The molecule has 1 saturated heterocycles. The predicted octanol–water partition coefficient (Wildman–Crippen LogP) is -0.109. The van der Waals surface area contributed by atoms with Crippen molar-refractivity contribution in [3.05, 3.63) is 0 Å². The summed E-state index contributed by atoms with van der Waals surface area (Å²) >= 11 is 0. The molecular weight excluding hydrogens is 200 g/mol. The van der Waals surface area contributed by atoms with Crippen molar-refractivity contribution in [2.45, 2.75) is 38.3 Å². The first-order valence-electron chi connectivity index (χ1n) is 4.88. The van der Waals surface area contributed by atoms with Crippen molar-refractivity contribution < 1.29 is 8.42 Å². The highest BCUT2D eigenvalue weighted by atomic mass is 32.2. The Kier molecular flexibility index (Phi) is 2.96. The average molecular weight is 220 g/mol. The van der Waals surface area contributed by atoms with Crippen LogP contribution in [0.15, 0.2) is 0 Å². The zero-order valence-corrected chi connectivity index (χ0v) is 9.95. The van der Waals surface area contributed by atoms with Crippen molar-refractivity contribution in [3.8, 4) is 0 Å². The maximum atomic E-state index is 11.4. The third kappa shape index (κ3) is 2.93. The smallest absolute Gasteiger partial charge is 0.152 e. The number of nitrogens with one attached hydrogen (secondary N) is 1. The minimum Gasteiger partial charge on any atom is -0.329 e. The molecule has 1 atom stereocenters. The number of hydrogen-bond donors (Lipinski definition) is 2. The molecule has 0 amide bonds. The molecule has 0 saturated carbocycles. The maximum Gasteiger partial charge on any atom is 0.152 e. The van der Waals surface area contributed by atoms with Crippen LogP contribution in [-0.4, -0.2) is 37.5 Å². The van der Waals surface area contributed by atoms with Gasteiger partial charge >= 0.3 is 0 Å². The van der Waals surface area contributed by atoms with Gasteiger partial charge in [-0.3, -0.25) is 0 Å². The van der Waals surface area contributed by atoms with E-state index in [1.54, 1.807) is 0 Å². The van der Waals surface area contributed by atoms with Crippen LogP contribution in [0, 0.1) is 0 Å². The van der Waals surface area contributed by atoms with Crippen molar-refractivity contribution >= 4 is 9.84 Å². The van der Waals surface area contributed by atoms with Gasteiger partial charge in [0.2, 0.25) is 0 Å². The first kappa shape index (κ1) is 11.9. The number of hydrogen-bond acceptors (Lipinski definition) is 4. The lowest BCUT2D eigenvalue weighted by Crippen LogP contribution is -2.59. The van der Waals surface area contributed by atoms with Gasteiger partial charge in [-0.25, -0.2) is 8.42 Å². The standard InChI is InChI=1S/C9H20N2O2S/c1-8(2,3)11-9(6-10)4-5-14(12,13)7-9/h11H,4-7,10H2,1-3H3. The highest BCUT2D eigenvalue weighted by Gasteiger charge is 2.42. The van der Waals surface area contributed by atoms with E-state index in [1.807, 2.05) is 20.8 Å². The Bertz CT molecular complexity index is 305. The normalized spacial score (nSPS) is 32.0. The van der Waals surface area contributed by atoms with Gasteiger partial charge in [0.25, 0.3) is 0 Å². The monoisotopic (exact) mass is 220 g/mol. The largest absolute Gasteiger partial charge is 0.329 e. The van der Waals surface area contributed by atoms with Crippen molar-refractivity contribution in [1.29, 1.82) is 0 Å². The lowest BCUT2D eigenvalue weighted by atomic mass is 9.94. The molecule has 1 fully saturated rings. The van der Waals surface area contributed by atoms with E-state index < -0.39 is 15.4 Å². The van der Waals surface area contributed by atoms with Crippen LogP contribution in [0.2, 0.25) is 0 Å². The topological polar surface area (TPSA) is 72.2 Å².